The van der Waals surface area contributed by atoms with E-state index in [1.807, 2.05) is 12.1 Å². The molecule has 6 atom stereocenters. The van der Waals surface area contributed by atoms with Gasteiger partial charge in [0.2, 0.25) is 11.8 Å². The van der Waals surface area contributed by atoms with Crippen LogP contribution in [0.15, 0.2) is 65.9 Å². The minimum Gasteiger partial charge on any atom is -0.469 e. The van der Waals surface area contributed by atoms with E-state index < -0.39 is 102 Å². The Morgan fingerprint density at radius 2 is 1.52 bits per heavy atom. The van der Waals surface area contributed by atoms with Gasteiger partial charge in [0.15, 0.2) is 0 Å². The van der Waals surface area contributed by atoms with Crippen molar-refractivity contribution in [3.63, 3.8) is 0 Å². The fourth-order valence-corrected chi connectivity index (χ4v) is 9.18. The number of methoxy groups -OCH3 is 2. The molecule has 23 heteroatoms. The Kier molecular flexibility index (Phi) is 22.3. The molecule has 3 aromatic rings. The van der Waals surface area contributed by atoms with Gasteiger partial charge in [-0.15, -0.1) is 0 Å². The smallest absolute Gasteiger partial charge is 0.407 e. The van der Waals surface area contributed by atoms with Gasteiger partial charge < -0.3 is 51.6 Å². The third-order valence-corrected chi connectivity index (χ3v) is 13.9. The SMILES string of the molecule is COC(=O)C[C@H](C(N)=O)C(C)(C)CF.COC(=O)N[C@H](C(=O)N[C@@H](Cc1ccc(C#Cc2ccc(N3CC4CCC(C3)N4C3COC3)nc2)cc1)[C@@H](O)CNCc1c(F)cc(C(C=NC(F)F)=CN)cc1F)C(C)(C)CF. The molecule has 3 fully saturated rings. The number of alkyl carbamates (subject to hydrolysis) is 1. The van der Waals surface area contributed by atoms with Crippen molar-refractivity contribution in [2.24, 2.45) is 33.2 Å². The van der Waals surface area contributed by atoms with Crippen molar-refractivity contribution in [1.29, 1.82) is 0 Å². The summed E-state index contributed by atoms with van der Waals surface area (Å²) in [6, 6.07) is 12.0. The summed E-state index contributed by atoms with van der Waals surface area (Å²) in [6.45, 7) is 4.04. The predicted octanol–water partition coefficient (Wildman–Crippen LogP) is 4.95. The maximum atomic E-state index is 15.1. The number of pyridine rings is 1. The van der Waals surface area contributed by atoms with Crippen LogP contribution in [0.25, 0.3) is 5.57 Å². The molecule has 420 valence electrons. The quantitative estimate of drug-likeness (QED) is 0.0257. The lowest BCUT2D eigenvalue weighted by molar-refractivity contribution is -0.146. The van der Waals surface area contributed by atoms with Gasteiger partial charge in [0.05, 0.1) is 71.3 Å². The molecule has 6 rings (SSSR count). The molecule has 77 heavy (non-hydrogen) atoms. The molecule has 3 amide bonds. The van der Waals surface area contributed by atoms with Crippen molar-refractivity contribution >= 4 is 41.5 Å². The minimum atomic E-state index is -3.05. The molecule has 0 aliphatic carbocycles. The zero-order valence-electron chi connectivity index (χ0n) is 44.0. The fourth-order valence-electron chi connectivity index (χ4n) is 9.18. The summed E-state index contributed by atoms with van der Waals surface area (Å²) >= 11 is 0. The second-order valence-electron chi connectivity index (χ2n) is 20.4. The summed E-state index contributed by atoms with van der Waals surface area (Å²) in [6.07, 6.45) is 3.25. The van der Waals surface area contributed by atoms with Gasteiger partial charge in [-0.05, 0) is 66.8 Å². The molecule has 4 heterocycles. The van der Waals surface area contributed by atoms with E-state index in [0.717, 1.165) is 63.1 Å². The van der Waals surface area contributed by atoms with Gasteiger partial charge in [-0.25, -0.2) is 23.6 Å². The van der Waals surface area contributed by atoms with E-state index in [1.165, 1.54) is 33.8 Å². The maximum Gasteiger partial charge on any atom is 0.407 e. The number of nitrogens with zero attached hydrogens (tertiary/aromatic N) is 4. The second-order valence-corrected chi connectivity index (χ2v) is 20.4. The molecule has 2 bridgehead atoms. The number of halogens is 6. The number of esters is 1. The third kappa shape index (κ3) is 16.9. The van der Waals surface area contributed by atoms with Crippen LogP contribution < -0.4 is 32.3 Å². The molecule has 1 aromatic heterocycles. The Bertz CT molecular complexity index is 2570. The fraction of sp³-hybridized carbons (Fsp3) is 0.519. The average molecular weight is 1090 g/mol. The summed E-state index contributed by atoms with van der Waals surface area (Å²) < 4.78 is 96.6. The van der Waals surface area contributed by atoms with E-state index in [9.17, 15) is 41.8 Å². The van der Waals surface area contributed by atoms with Crippen molar-refractivity contribution in [1.82, 2.24) is 25.8 Å². The normalized spacial score (nSPS) is 18.5. The lowest BCUT2D eigenvalue weighted by Crippen LogP contribution is -2.62. The van der Waals surface area contributed by atoms with E-state index >= 15 is 8.78 Å². The highest BCUT2D eigenvalue weighted by Crippen LogP contribution is 2.36. The van der Waals surface area contributed by atoms with Crippen LogP contribution in [0.5, 0.6) is 0 Å². The van der Waals surface area contributed by atoms with Crippen LogP contribution in [0.1, 0.15) is 74.8 Å². The Morgan fingerprint density at radius 1 is 0.909 bits per heavy atom. The molecular weight excluding hydrogens is 1020 g/mol. The van der Waals surface area contributed by atoms with Gasteiger partial charge in [0, 0.05) is 90.0 Å². The van der Waals surface area contributed by atoms with E-state index in [2.05, 4.69) is 52.1 Å². The number of anilines is 1. The van der Waals surface area contributed by atoms with Crippen LogP contribution in [0.3, 0.4) is 0 Å². The highest BCUT2D eigenvalue weighted by molar-refractivity contribution is 6.09. The van der Waals surface area contributed by atoms with Crippen molar-refractivity contribution in [3.05, 3.63) is 100 Å². The molecule has 17 nitrogen and oxygen atoms in total. The maximum absolute atomic E-state index is 15.1. The summed E-state index contributed by atoms with van der Waals surface area (Å²) in [5, 5.41) is 19.3. The molecule has 2 unspecified atom stereocenters. The zero-order valence-corrected chi connectivity index (χ0v) is 44.0. The Balaban J connectivity index is 0.000000684. The summed E-state index contributed by atoms with van der Waals surface area (Å²) in [5.41, 5.74) is 9.67. The van der Waals surface area contributed by atoms with Crippen LogP contribution in [0.4, 0.5) is 37.0 Å². The van der Waals surface area contributed by atoms with E-state index in [4.69, 9.17) is 21.2 Å². The number of nitrogens with two attached hydrogens (primary N) is 2. The van der Waals surface area contributed by atoms with Gasteiger partial charge in [-0.3, -0.25) is 28.1 Å². The van der Waals surface area contributed by atoms with Gasteiger partial charge in [-0.2, -0.15) is 8.78 Å². The molecular formula is C54H69F6N9O8. The first-order chi connectivity index (χ1) is 36.5. The Morgan fingerprint density at radius 3 is 2.03 bits per heavy atom. The Hall–Kier alpha value is -6.74. The number of piperazine rings is 1. The number of alkyl halides is 4. The van der Waals surface area contributed by atoms with Crippen LogP contribution >= 0.6 is 0 Å². The predicted molar refractivity (Wildman–Crippen MR) is 277 cm³/mol. The number of aliphatic hydroxyl groups excluding tert-OH is 1. The number of rotatable bonds is 22. The first kappa shape index (κ1) is 61.1. The monoisotopic (exact) mass is 1090 g/mol. The highest BCUT2D eigenvalue weighted by Gasteiger charge is 2.46. The number of carbonyl (C=O) groups is 4. The molecule has 0 saturated carbocycles. The van der Waals surface area contributed by atoms with E-state index in [0.29, 0.717) is 35.5 Å². The number of aliphatic imine (C=N–C) groups is 1. The van der Waals surface area contributed by atoms with E-state index in [1.54, 1.807) is 44.3 Å². The van der Waals surface area contributed by atoms with Crippen LogP contribution in [-0.2, 0) is 41.6 Å². The molecule has 3 saturated heterocycles. The summed E-state index contributed by atoms with van der Waals surface area (Å²) in [7, 11) is 2.31. The van der Waals surface area contributed by atoms with Gasteiger partial charge in [0.1, 0.15) is 23.5 Å². The van der Waals surface area contributed by atoms with Crippen molar-refractivity contribution in [2.75, 3.05) is 65.3 Å². The number of nitrogens with one attached hydrogen (secondary N) is 3. The van der Waals surface area contributed by atoms with Gasteiger partial charge in [-0.1, -0.05) is 51.7 Å². The number of hydrogen-bond acceptors (Lipinski definition) is 14. The lowest BCUT2D eigenvalue weighted by atomic mass is 9.77. The largest absolute Gasteiger partial charge is 0.469 e. The van der Waals surface area contributed by atoms with Crippen molar-refractivity contribution < 1.29 is 64.8 Å². The third-order valence-electron chi connectivity index (χ3n) is 13.9. The molecule has 2 aromatic carbocycles. The standard InChI is InChI=1S/C45H53F5N8O5.C9H16FNO3/c1-45(2,26-46)41(56-44(61)62-3)42(60)55-38(39(59)21-52-20-35-36(47)15-30(16-37(35)48)31(17-51)19-54-43(49)50)14-28-7-4-27(5-8-28)6-9-29-10-13-40(53-18-29)57-22-32-11-12-33(23-57)58(32)34-24-63-25-34;1-9(2,5-10)6(8(11)13)4-7(12)14-3/h4-5,7-8,10,13,15-19,32-34,38-39,41,43,52,59H,11-12,14,20-26,51H2,1-3H3,(H,55,60)(H,56,61);6H,4-5H2,1-3H3,(H2,11,13)/t32?,33?,38-,39-,41+;6-/m01/s1. The van der Waals surface area contributed by atoms with Gasteiger partial charge >= 0.3 is 18.6 Å². The number of benzene rings is 2. The van der Waals surface area contributed by atoms with Gasteiger partial charge in [0.25, 0.3) is 0 Å². The topological polar surface area (TPSA) is 236 Å². The first-order valence-electron chi connectivity index (χ1n) is 24.9. The number of aliphatic hydroxyl groups is 1. The molecule has 0 spiro atoms. The summed E-state index contributed by atoms with van der Waals surface area (Å²) in [5.74, 6) is 2.31. The number of ether oxygens (including phenoxy) is 3. The average Bonchev–Trinajstić information content (AvgIpc) is 3.64. The molecule has 3 aliphatic heterocycles. The number of hydrogen-bond donors (Lipinski definition) is 6. The first-order valence-corrected chi connectivity index (χ1v) is 24.9. The number of carbonyl (C=O) groups excluding carboxylic acids is 4. The Labute approximate surface area is 444 Å². The molecule has 8 N–H and O–H groups in total. The summed E-state index contributed by atoms with van der Waals surface area (Å²) in [4.78, 5) is 60.4. The minimum absolute atomic E-state index is 0.0465. The molecule has 3 aliphatic rings. The molecule has 0 radical (unpaired) electrons. The number of aromatic nitrogens is 1. The second kappa shape index (κ2) is 28.1. The lowest BCUT2D eigenvalue weighted by Gasteiger charge is -2.47. The van der Waals surface area contributed by atoms with Crippen LogP contribution in [0, 0.1) is 40.2 Å². The number of primary amides is 1. The number of amides is 3. The number of allylic oxidation sites excluding steroid dienone is 1. The zero-order chi connectivity index (χ0) is 56.6. The van der Waals surface area contributed by atoms with E-state index in [-0.39, 0.29) is 30.5 Å². The van der Waals surface area contributed by atoms with Crippen molar-refractivity contribution in [2.45, 2.75) is 103 Å². The van der Waals surface area contributed by atoms with Crippen LogP contribution in [-0.4, -0.2) is 148 Å². The van der Waals surface area contributed by atoms with Crippen LogP contribution in [0.2, 0.25) is 0 Å². The van der Waals surface area contributed by atoms with Crippen molar-refractivity contribution in [3.8, 4) is 11.8 Å². The highest BCUT2D eigenvalue weighted by atomic mass is 19.3. The number of fused-ring (bicyclic) bond motifs is 2.